The predicted molar refractivity (Wildman–Crippen MR) is 84.0 cm³/mol. The number of hydrogen-bond donors (Lipinski definition) is 2. The topological polar surface area (TPSA) is 12.0 Å². The fourth-order valence-corrected chi connectivity index (χ4v) is 3.01. The van der Waals surface area contributed by atoms with Crippen molar-refractivity contribution in [1.82, 2.24) is 5.32 Å². The van der Waals surface area contributed by atoms with Gasteiger partial charge in [-0.25, -0.2) is 0 Å². The van der Waals surface area contributed by atoms with Crippen LogP contribution in [0.4, 0.5) is 0 Å². The molecule has 0 amide bonds. The number of piperidine rings is 1. The molecule has 2 heteroatoms. The van der Waals surface area contributed by atoms with Gasteiger partial charge >= 0.3 is 0 Å². The minimum Gasteiger partial charge on any atom is -0.317 e. The molecule has 0 bridgehead atoms. The molecule has 1 fully saturated rings. The van der Waals surface area contributed by atoms with Gasteiger partial charge in [-0.1, -0.05) is 36.4 Å². The standard InChI is InChI=1S/C17H19NS/c19-17-3-1-2-16(12-17)14-6-4-13(5-7-14)15-8-10-18-11-9-15/h1-7,12,15,18-19H,8-11H2. The molecule has 1 N–H and O–H groups in total. The molecule has 2 aromatic rings. The first-order chi connectivity index (χ1) is 9.33. The third-order valence-electron chi connectivity index (χ3n) is 3.90. The van der Waals surface area contributed by atoms with Crippen LogP contribution in [-0.4, -0.2) is 13.1 Å². The van der Waals surface area contributed by atoms with Crippen molar-refractivity contribution in [3.63, 3.8) is 0 Å². The second kappa shape index (κ2) is 5.81. The molecular weight excluding hydrogens is 250 g/mol. The second-order valence-electron chi connectivity index (χ2n) is 5.20. The first kappa shape index (κ1) is 12.8. The Kier molecular flexibility index (Phi) is 3.90. The average molecular weight is 269 g/mol. The molecule has 0 radical (unpaired) electrons. The zero-order valence-corrected chi connectivity index (χ0v) is 11.9. The maximum Gasteiger partial charge on any atom is 0.00461 e. The van der Waals surface area contributed by atoms with E-state index >= 15 is 0 Å². The molecule has 1 aliphatic rings. The lowest BCUT2D eigenvalue weighted by atomic mass is 9.89. The van der Waals surface area contributed by atoms with Crippen molar-refractivity contribution in [1.29, 1.82) is 0 Å². The first-order valence-electron chi connectivity index (χ1n) is 6.93. The minimum absolute atomic E-state index is 0.728. The van der Waals surface area contributed by atoms with Gasteiger partial charge in [-0.2, -0.15) is 0 Å². The predicted octanol–water partition coefficient (Wildman–Crippen LogP) is 4.11. The van der Waals surface area contributed by atoms with Crippen LogP contribution in [0.3, 0.4) is 0 Å². The normalized spacial score (nSPS) is 16.5. The Morgan fingerprint density at radius 1 is 0.895 bits per heavy atom. The van der Waals surface area contributed by atoms with E-state index in [0.717, 1.165) is 23.9 Å². The molecule has 1 nitrogen and oxygen atoms in total. The highest BCUT2D eigenvalue weighted by molar-refractivity contribution is 7.80. The SMILES string of the molecule is Sc1cccc(-c2ccc(C3CCNCC3)cc2)c1. The summed E-state index contributed by atoms with van der Waals surface area (Å²) in [4.78, 5) is 1.01. The summed E-state index contributed by atoms with van der Waals surface area (Å²) < 4.78 is 0. The van der Waals surface area contributed by atoms with Crippen LogP contribution < -0.4 is 5.32 Å². The van der Waals surface area contributed by atoms with Crippen LogP contribution in [0.15, 0.2) is 53.4 Å². The highest BCUT2D eigenvalue weighted by atomic mass is 32.1. The first-order valence-corrected chi connectivity index (χ1v) is 7.38. The van der Waals surface area contributed by atoms with E-state index in [4.69, 9.17) is 0 Å². The maximum atomic E-state index is 4.40. The minimum atomic E-state index is 0.728. The van der Waals surface area contributed by atoms with Crippen molar-refractivity contribution < 1.29 is 0 Å². The molecule has 0 aliphatic carbocycles. The molecule has 0 atom stereocenters. The number of benzene rings is 2. The summed E-state index contributed by atoms with van der Waals surface area (Å²) >= 11 is 4.40. The van der Waals surface area contributed by atoms with Gasteiger partial charge in [-0.15, -0.1) is 12.6 Å². The largest absolute Gasteiger partial charge is 0.317 e. The van der Waals surface area contributed by atoms with Crippen molar-refractivity contribution in [2.24, 2.45) is 0 Å². The number of hydrogen-bond acceptors (Lipinski definition) is 2. The molecule has 0 aromatic heterocycles. The van der Waals surface area contributed by atoms with Gasteiger partial charge in [0.2, 0.25) is 0 Å². The summed E-state index contributed by atoms with van der Waals surface area (Å²) in [5, 5.41) is 3.42. The summed E-state index contributed by atoms with van der Waals surface area (Å²) in [5.41, 5.74) is 3.99. The molecule has 0 unspecified atom stereocenters. The molecule has 1 saturated heterocycles. The summed E-state index contributed by atoms with van der Waals surface area (Å²) in [7, 11) is 0. The van der Waals surface area contributed by atoms with Crippen LogP contribution in [0, 0.1) is 0 Å². The van der Waals surface area contributed by atoms with E-state index in [1.807, 2.05) is 6.07 Å². The molecule has 3 rings (SSSR count). The fourth-order valence-electron chi connectivity index (χ4n) is 2.79. The highest BCUT2D eigenvalue weighted by Crippen LogP contribution is 2.28. The van der Waals surface area contributed by atoms with Gasteiger partial charge in [-0.3, -0.25) is 0 Å². The van der Waals surface area contributed by atoms with E-state index < -0.39 is 0 Å². The molecule has 2 aromatic carbocycles. The number of nitrogens with one attached hydrogen (secondary N) is 1. The lowest BCUT2D eigenvalue weighted by Crippen LogP contribution is -2.26. The second-order valence-corrected chi connectivity index (χ2v) is 5.71. The summed E-state index contributed by atoms with van der Waals surface area (Å²) in [6.45, 7) is 2.29. The monoisotopic (exact) mass is 269 g/mol. The Morgan fingerprint density at radius 2 is 1.63 bits per heavy atom. The van der Waals surface area contributed by atoms with Gasteiger partial charge < -0.3 is 5.32 Å². The molecule has 1 aliphatic heterocycles. The van der Waals surface area contributed by atoms with E-state index in [9.17, 15) is 0 Å². The maximum absolute atomic E-state index is 4.40. The molecule has 19 heavy (non-hydrogen) atoms. The van der Waals surface area contributed by atoms with Crippen LogP contribution in [0.2, 0.25) is 0 Å². The van der Waals surface area contributed by atoms with E-state index in [0.29, 0.717) is 0 Å². The van der Waals surface area contributed by atoms with Gasteiger partial charge in [0.05, 0.1) is 0 Å². The van der Waals surface area contributed by atoms with Crippen LogP contribution in [-0.2, 0) is 0 Å². The number of thiol groups is 1. The van der Waals surface area contributed by atoms with Crippen LogP contribution in [0.25, 0.3) is 11.1 Å². The van der Waals surface area contributed by atoms with Crippen molar-refractivity contribution in [2.75, 3.05) is 13.1 Å². The third-order valence-corrected chi connectivity index (χ3v) is 4.18. The van der Waals surface area contributed by atoms with Crippen molar-refractivity contribution >= 4 is 12.6 Å². The Labute approximate surface area is 120 Å². The molecular formula is C17H19NS. The third kappa shape index (κ3) is 3.02. The Hall–Kier alpha value is -1.25. The van der Waals surface area contributed by atoms with E-state index in [1.165, 1.54) is 29.5 Å². The van der Waals surface area contributed by atoms with Gasteiger partial charge in [0, 0.05) is 4.90 Å². The Balaban J connectivity index is 1.82. The van der Waals surface area contributed by atoms with Gasteiger partial charge in [0.1, 0.15) is 0 Å². The zero-order valence-electron chi connectivity index (χ0n) is 11.0. The smallest absolute Gasteiger partial charge is 0.00461 e. The summed E-state index contributed by atoms with van der Waals surface area (Å²) in [6.07, 6.45) is 2.51. The van der Waals surface area contributed by atoms with Crippen molar-refractivity contribution in [2.45, 2.75) is 23.7 Å². The van der Waals surface area contributed by atoms with Crippen LogP contribution >= 0.6 is 12.6 Å². The molecule has 98 valence electrons. The fraction of sp³-hybridized carbons (Fsp3) is 0.294. The van der Waals surface area contributed by atoms with E-state index in [2.05, 4.69) is 60.4 Å². The Bertz CT molecular complexity index is 541. The van der Waals surface area contributed by atoms with Crippen molar-refractivity contribution in [3.05, 3.63) is 54.1 Å². The van der Waals surface area contributed by atoms with Gasteiger partial charge in [-0.05, 0) is 60.7 Å². The molecule has 1 heterocycles. The van der Waals surface area contributed by atoms with Crippen molar-refractivity contribution in [3.8, 4) is 11.1 Å². The lowest BCUT2D eigenvalue weighted by molar-refractivity contribution is 0.460. The Morgan fingerprint density at radius 3 is 2.32 bits per heavy atom. The van der Waals surface area contributed by atoms with E-state index in [-0.39, 0.29) is 0 Å². The van der Waals surface area contributed by atoms with Crippen LogP contribution in [0.5, 0.6) is 0 Å². The summed E-state index contributed by atoms with van der Waals surface area (Å²) in [6, 6.07) is 17.4. The van der Waals surface area contributed by atoms with Gasteiger partial charge in [0.25, 0.3) is 0 Å². The van der Waals surface area contributed by atoms with Gasteiger partial charge in [0.15, 0.2) is 0 Å². The van der Waals surface area contributed by atoms with Crippen LogP contribution in [0.1, 0.15) is 24.3 Å². The average Bonchev–Trinajstić information content (AvgIpc) is 2.48. The molecule has 0 spiro atoms. The highest BCUT2D eigenvalue weighted by Gasteiger charge is 2.14. The quantitative estimate of drug-likeness (QED) is 0.782. The number of rotatable bonds is 2. The summed E-state index contributed by atoms with van der Waals surface area (Å²) in [5.74, 6) is 0.728. The van der Waals surface area contributed by atoms with E-state index in [1.54, 1.807) is 0 Å². The lowest BCUT2D eigenvalue weighted by Gasteiger charge is -2.23. The molecule has 0 saturated carbocycles. The zero-order chi connectivity index (χ0) is 13.1.